The number of piperidine rings is 1. The van der Waals surface area contributed by atoms with E-state index in [1.807, 2.05) is 0 Å². The summed E-state index contributed by atoms with van der Waals surface area (Å²) in [6.45, 7) is 2.59. The molecule has 1 saturated heterocycles. The molecule has 17 heavy (non-hydrogen) atoms. The van der Waals surface area contributed by atoms with Crippen molar-refractivity contribution in [2.45, 2.75) is 25.5 Å². The fourth-order valence-electron chi connectivity index (χ4n) is 2.29. The topological polar surface area (TPSA) is 32.7 Å². The molecule has 94 valence electrons. The van der Waals surface area contributed by atoms with E-state index in [2.05, 4.69) is 4.90 Å². The van der Waals surface area contributed by atoms with Gasteiger partial charge in [-0.05, 0) is 30.5 Å². The van der Waals surface area contributed by atoms with Crippen LogP contribution >= 0.6 is 0 Å². The number of aromatic hydroxyl groups is 1. The van der Waals surface area contributed by atoms with Gasteiger partial charge in [-0.25, -0.2) is 4.39 Å². The number of hydrogen-bond acceptors (Lipinski definition) is 3. The first-order valence-corrected chi connectivity index (χ1v) is 5.91. The summed E-state index contributed by atoms with van der Waals surface area (Å²) in [5.74, 6) is -0.390. The molecule has 1 N–H and O–H groups in total. The van der Waals surface area contributed by atoms with Crippen LogP contribution in [-0.4, -0.2) is 36.3 Å². The maximum atomic E-state index is 13.1. The quantitative estimate of drug-likeness (QED) is 0.877. The van der Waals surface area contributed by atoms with E-state index in [-0.39, 0.29) is 11.6 Å². The zero-order valence-electron chi connectivity index (χ0n) is 10.0. The molecule has 0 bridgehead atoms. The van der Waals surface area contributed by atoms with Crippen LogP contribution in [0.15, 0.2) is 18.2 Å². The van der Waals surface area contributed by atoms with Gasteiger partial charge in [0.1, 0.15) is 11.6 Å². The highest BCUT2D eigenvalue weighted by molar-refractivity contribution is 5.28. The third-order valence-corrected chi connectivity index (χ3v) is 3.22. The molecule has 1 aliphatic rings. The van der Waals surface area contributed by atoms with Gasteiger partial charge in [0, 0.05) is 32.8 Å². The minimum Gasteiger partial charge on any atom is -0.508 e. The van der Waals surface area contributed by atoms with Crippen LogP contribution in [0.2, 0.25) is 0 Å². The molecule has 0 saturated carbocycles. The number of methoxy groups -OCH3 is 1. The summed E-state index contributed by atoms with van der Waals surface area (Å²) in [6, 6.07) is 4.22. The Hall–Kier alpha value is -1.13. The van der Waals surface area contributed by atoms with Crippen molar-refractivity contribution in [3.05, 3.63) is 29.6 Å². The first-order valence-electron chi connectivity index (χ1n) is 5.91. The average molecular weight is 239 g/mol. The van der Waals surface area contributed by atoms with Gasteiger partial charge in [-0.1, -0.05) is 0 Å². The lowest BCUT2D eigenvalue weighted by molar-refractivity contribution is 0.0388. The first kappa shape index (κ1) is 12.3. The predicted molar refractivity (Wildman–Crippen MR) is 63.4 cm³/mol. The minimum atomic E-state index is -0.383. The third kappa shape index (κ3) is 3.41. The molecule has 0 aliphatic carbocycles. The lowest BCUT2D eigenvalue weighted by atomic mass is 10.1. The standard InChI is InChI=1S/C13H18FNO2/c1-17-13-2-4-15(5-3-13)9-10-6-11(14)8-12(16)7-10/h6-8,13,16H,2-5,9H2,1H3. The number of nitrogens with zero attached hydrogens (tertiary/aromatic N) is 1. The van der Waals surface area contributed by atoms with E-state index in [4.69, 9.17) is 4.74 Å². The number of ether oxygens (including phenoxy) is 1. The molecule has 1 aliphatic heterocycles. The Labute approximate surface area is 101 Å². The number of hydrogen-bond donors (Lipinski definition) is 1. The van der Waals surface area contributed by atoms with Gasteiger partial charge in [0.15, 0.2) is 0 Å². The largest absolute Gasteiger partial charge is 0.508 e. The van der Waals surface area contributed by atoms with Crippen molar-refractivity contribution >= 4 is 0 Å². The Bertz CT molecular complexity index is 355. The fourth-order valence-corrected chi connectivity index (χ4v) is 2.29. The number of likely N-dealkylation sites (tertiary alicyclic amines) is 1. The molecule has 0 aromatic heterocycles. The Morgan fingerprint density at radius 3 is 2.65 bits per heavy atom. The second kappa shape index (κ2) is 5.47. The Kier molecular flexibility index (Phi) is 3.97. The lowest BCUT2D eigenvalue weighted by Crippen LogP contribution is -2.36. The molecule has 1 aromatic carbocycles. The van der Waals surface area contributed by atoms with Gasteiger partial charge in [0.25, 0.3) is 0 Å². The molecular formula is C13H18FNO2. The van der Waals surface area contributed by atoms with Crippen LogP contribution in [0.4, 0.5) is 4.39 Å². The number of rotatable bonds is 3. The maximum Gasteiger partial charge on any atom is 0.127 e. The van der Waals surface area contributed by atoms with Crippen molar-refractivity contribution in [3.63, 3.8) is 0 Å². The van der Waals surface area contributed by atoms with Gasteiger partial charge in [0.05, 0.1) is 6.10 Å². The molecule has 4 heteroatoms. The van der Waals surface area contributed by atoms with Crippen LogP contribution in [0.1, 0.15) is 18.4 Å². The number of phenols is 1. The van der Waals surface area contributed by atoms with E-state index in [0.717, 1.165) is 37.6 Å². The van der Waals surface area contributed by atoms with Crippen molar-refractivity contribution < 1.29 is 14.2 Å². The molecule has 0 spiro atoms. The van der Waals surface area contributed by atoms with Gasteiger partial charge < -0.3 is 9.84 Å². The molecule has 0 unspecified atom stereocenters. The van der Waals surface area contributed by atoms with Gasteiger partial charge in [-0.2, -0.15) is 0 Å². The number of phenolic OH excluding ortho intramolecular Hbond substituents is 1. The van der Waals surface area contributed by atoms with Crippen molar-refractivity contribution in [1.29, 1.82) is 0 Å². The van der Waals surface area contributed by atoms with E-state index in [1.165, 1.54) is 6.07 Å². The SMILES string of the molecule is COC1CCN(Cc2cc(O)cc(F)c2)CC1. The normalized spacial score (nSPS) is 18.5. The van der Waals surface area contributed by atoms with Gasteiger partial charge in [-0.3, -0.25) is 4.90 Å². The highest BCUT2D eigenvalue weighted by Crippen LogP contribution is 2.19. The zero-order chi connectivity index (χ0) is 12.3. The molecule has 2 rings (SSSR count). The molecule has 3 nitrogen and oxygen atoms in total. The fraction of sp³-hybridized carbons (Fsp3) is 0.538. The molecule has 1 fully saturated rings. The van der Waals surface area contributed by atoms with E-state index < -0.39 is 0 Å². The summed E-state index contributed by atoms with van der Waals surface area (Å²) in [5.41, 5.74) is 0.818. The Morgan fingerprint density at radius 2 is 2.06 bits per heavy atom. The second-order valence-corrected chi connectivity index (χ2v) is 4.53. The summed E-state index contributed by atoms with van der Waals surface area (Å²) in [4.78, 5) is 2.25. The molecular weight excluding hydrogens is 221 g/mol. The van der Waals surface area contributed by atoms with Crippen molar-refractivity contribution in [1.82, 2.24) is 4.90 Å². The lowest BCUT2D eigenvalue weighted by Gasteiger charge is -2.31. The van der Waals surface area contributed by atoms with Crippen LogP contribution in [0.3, 0.4) is 0 Å². The first-order chi connectivity index (χ1) is 8.17. The van der Waals surface area contributed by atoms with E-state index in [0.29, 0.717) is 12.6 Å². The molecule has 1 aromatic rings. The van der Waals surface area contributed by atoms with Gasteiger partial charge in [-0.15, -0.1) is 0 Å². The maximum absolute atomic E-state index is 13.1. The van der Waals surface area contributed by atoms with Crippen LogP contribution < -0.4 is 0 Å². The summed E-state index contributed by atoms with van der Waals surface area (Å²) < 4.78 is 18.4. The average Bonchev–Trinajstić information content (AvgIpc) is 2.28. The molecule has 0 amide bonds. The summed E-state index contributed by atoms with van der Waals surface area (Å²) in [7, 11) is 1.74. The van der Waals surface area contributed by atoms with Gasteiger partial charge >= 0.3 is 0 Å². The summed E-state index contributed by atoms with van der Waals surface area (Å²) in [6.07, 6.45) is 2.38. The van der Waals surface area contributed by atoms with Crippen molar-refractivity contribution in [3.8, 4) is 5.75 Å². The van der Waals surface area contributed by atoms with E-state index in [9.17, 15) is 9.50 Å². The summed E-state index contributed by atoms with van der Waals surface area (Å²) >= 11 is 0. The van der Waals surface area contributed by atoms with Crippen LogP contribution in [0, 0.1) is 5.82 Å². The molecule has 1 heterocycles. The Balaban J connectivity index is 1.93. The highest BCUT2D eigenvalue weighted by atomic mass is 19.1. The Morgan fingerprint density at radius 1 is 1.35 bits per heavy atom. The second-order valence-electron chi connectivity index (χ2n) is 4.53. The van der Waals surface area contributed by atoms with Crippen molar-refractivity contribution in [2.24, 2.45) is 0 Å². The van der Waals surface area contributed by atoms with Crippen LogP contribution in [0.25, 0.3) is 0 Å². The van der Waals surface area contributed by atoms with Crippen molar-refractivity contribution in [2.75, 3.05) is 20.2 Å². The number of halogens is 1. The zero-order valence-corrected chi connectivity index (χ0v) is 10.0. The van der Waals surface area contributed by atoms with E-state index in [1.54, 1.807) is 13.2 Å². The smallest absolute Gasteiger partial charge is 0.127 e. The molecule has 0 radical (unpaired) electrons. The molecule has 0 atom stereocenters. The van der Waals surface area contributed by atoms with E-state index >= 15 is 0 Å². The van der Waals surface area contributed by atoms with Gasteiger partial charge in [0.2, 0.25) is 0 Å². The van der Waals surface area contributed by atoms with Crippen LogP contribution in [0.5, 0.6) is 5.75 Å². The summed E-state index contributed by atoms with van der Waals surface area (Å²) in [5, 5.41) is 9.32. The third-order valence-electron chi connectivity index (χ3n) is 3.22. The minimum absolute atomic E-state index is 0.00761. The highest BCUT2D eigenvalue weighted by Gasteiger charge is 2.18. The van der Waals surface area contributed by atoms with Crippen LogP contribution in [-0.2, 0) is 11.3 Å². The predicted octanol–water partition coefficient (Wildman–Crippen LogP) is 2.14. The number of benzene rings is 1. The monoisotopic (exact) mass is 239 g/mol.